The molecule has 2 unspecified atom stereocenters. The second kappa shape index (κ2) is 10.0. The summed E-state index contributed by atoms with van der Waals surface area (Å²) in [5, 5.41) is 11.2. The van der Waals surface area contributed by atoms with Crippen LogP contribution in [0.3, 0.4) is 0 Å². The highest BCUT2D eigenvalue weighted by molar-refractivity contribution is 8.02. The van der Waals surface area contributed by atoms with Crippen LogP contribution in [0.4, 0.5) is 10.1 Å². The molecular formula is C22H24N4O3S3. The van der Waals surface area contributed by atoms with Crippen molar-refractivity contribution in [2.75, 3.05) is 17.7 Å². The minimum atomic E-state index is -0.423. The van der Waals surface area contributed by atoms with Crippen LogP contribution < -0.4 is 11.1 Å². The first kappa shape index (κ1) is 22.8. The van der Waals surface area contributed by atoms with E-state index in [4.69, 9.17) is 10.5 Å². The molecule has 0 saturated carbocycles. The number of ether oxygens (including phenoxy) is 1. The van der Waals surface area contributed by atoms with E-state index in [0.29, 0.717) is 26.0 Å². The zero-order chi connectivity index (χ0) is 22.7. The Bertz CT molecular complexity index is 1110. The Morgan fingerprint density at radius 1 is 1.28 bits per heavy atom. The molecule has 3 N–H and O–H groups in total. The van der Waals surface area contributed by atoms with Crippen LogP contribution in [-0.4, -0.2) is 33.9 Å². The predicted octanol–water partition coefficient (Wildman–Crippen LogP) is 4.75. The van der Waals surface area contributed by atoms with Gasteiger partial charge in [-0.05, 0) is 50.2 Å². The average Bonchev–Trinajstić information content (AvgIpc) is 3.36. The fraction of sp³-hybridized carbons (Fsp3) is 0.364. The van der Waals surface area contributed by atoms with Gasteiger partial charge < -0.3 is 15.8 Å². The molecular weight excluding hydrogens is 464 g/mol. The largest absolute Gasteiger partial charge is 0.462 e. The van der Waals surface area contributed by atoms with Crippen LogP contribution in [0.2, 0.25) is 0 Å². The molecule has 1 aliphatic carbocycles. The minimum absolute atomic E-state index is 0.201. The second-order valence-corrected chi connectivity index (χ2v) is 11.1. The highest BCUT2D eigenvalue weighted by atomic mass is 32.2. The SMILES string of the molecule is CCOC(=O)c1c(NC(=O)C(C)Sc2nnc(N)s2)sc2c1CCC(c1ccccc1)C2. The van der Waals surface area contributed by atoms with Crippen molar-refractivity contribution < 1.29 is 14.3 Å². The zero-order valence-electron chi connectivity index (χ0n) is 17.8. The van der Waals surface area contributed by atoms with Gasteiger partial charge in [-0.3, -0.25) is 4.79 Å². The molecule has 10 heteroatoms. The molecule has 2 atom stereocenters. The maximum Gasteiger partial charge on any atom is 0.341 e. The number of amides is 1. The van der Waals surface area contributed by atoms with Gasteiger partial charge >= 0.3 is 5.97 Å². The first-order chi connectivity index (χ1) is 15.5. The lowest BCUT2D eigenvalue weighted by atomic mass is 9.83. The molecule has 3 aromatic rings. The lowest BCUT2D eigenvalue weighted by Gasteiger charge is -2.23. The predicted molar refractivity (Wildman–Crippen MR) is 130 cm³/mol. The summed E-state index contributed by atoms with van der Waals surface area (Å²) in [5.41, 5.74) is 8.44. The Kier molecular flexibility index (Phi) is 7.12. The smallest absolute Gasteiger partial charge is 0.341 e. The third-order valence-electron chi connectivity index (χ3n) is 5.32. The molecule has 2 aromatic heterocycles. The molecule has 1 aromatic carbocycles. The van der Waals surface area contributed by atoms with Crippen molar-refractivity contribution in [3.8, 4) is 0 Å². The van der Waals surface area contributed by atoms with Crippen molar-refractivity contribution in [2.24, 2.45) is 0 Å². The number of benzene rings is 1. The molecule has 0 fully saturated rings. The van der Waals surface area contributed by atoms with E-state index in [2.05, 4.69) is 39.8 Å². The Hall–Kier alpha value is -2.43. The van der Waals surface area contributed by atoms with Gasteiger partial charge in [0.1, 0.15) is 5.00 Å². The summed E-state index contributed by atoms with van der Waals surface area (Å²) in [6.07, 6.45) is 2.59. The van der Waals surface area contributed by atoms with Crippen molar-refractivity contribution >= 4 is 56.4 Å². The van der Waals surface area contributed by atoms with Gasteiger partial charge in [0.25, 0.3) is 0 Å². The molecule has 32 heavy (non-hydrogen) atoms. The van der Waals surface area contributed by atoms with Crippen molar-refractivity contribution in [3.05, 3.63) is 51.9 Å². The number of rotatable bonds is 7. The molecule has 7 nitrogen and oxygen atoms in total. The number of carbonyl (C=O) groups is 2. The number of nitrogens with zero attached hydrogens (tertiary/aromatic N) is 2. The van der Waals surface area contributed by atoms with Gasteiger partial charge in [0.15, 0.2) is 4.34 Å². The molecule has 0 aliphatic heterocycles. The van der Waals surface area contributed by atoms with Gasteiger partial charge in [-0.1, -0.05) is 53.4 Å². The van der Waals surface area contributed by atoms with Gasteiger partial charge in [-0.25, -0.2) is 4.79 Å². The van der Waals surface area contributed by atoms with Gasteiger partial charge in [0.2, 0.25) is 11.0 Å². The van der Waals surface area contributed by atoms with Crippen LogP contribution in [0.25, 0.3) is 0 Å². The summed E-state index contributed by atoms with van der Waals surface area (Å²) >= 11 is 4.02. The summed E-state index contributed by atoms with van der Waals surface area (Å²) in [6.45, 7) is 3.86. The van der Waals surface area contributed by atoms with Crippen LogP contribution >= 0.6 is 34.4 Å². The van der Waals surface area contributed by atoms with Crippen LogP contribution in [0.5, 0.6) is 0 Å². The lowest BCUT2D eigenvalue weighted by molar-refractivity contribution is -0.115. The highest BCUT2D eigenvalue weighted by Crippen LogP contribution is 2.43. The summed E-state index contributed by atoms with van der Waals surface area (Å²) in [4.78, 5) is 26.8. The second-order valence-electron chi connectivity index (χ2n) is 7.43. The molecule has 0 spiro atoms. The normalized spacial score (nSPS) is 16.2. The number of thioether (sulfide) groups is 1. The van der Waals surface area contributed by atoms with Crippen LogP contribution in [0.15, 0.2) is 34.7 Å². The number of carbonyl (C=O) groups excluding carboxylic acids is 2. The Balaban J connectivity index is 1.56. The summed E-state index contributed by atoms with van der Waals surface area (Å²) < 4.78 is 5.96. The van der Waals surface area contributed by atoms with Crippen molar-refractivity contribution in [1.29, 1.82) is 0 Å². The van der Waals surface area contributed by atoms with E-state index in [-0.39, 0.29) is 18.5 Å². The van der Waals surface area contributed by atoms with Crippen molar-refractivity contribution in [1.82, 2.24) is 10.2 Å². The third kappa shape index (κ3) is 4.97. The minimum Gasteiger partial charge on any atom is -0.462 e. The summed E-state index contributed by atoms with van der Waals surface area (Å²) in [6, 6.07) is 10.4. The van der Waals surface area contributed by atoms with Gasteiger partial charge in [-0.2, -0.15) is 0 Å². The number of esters is 1. The van der Waals surface area contributed by atoms with E-state index in [0.717, 1.165) is 29.7 Å². The highest BCUT2D eigenvalue weighted by Gasteiger charge is 2.31. The average molecular weight is 489 g/mol. The molecule has 168 valence electrons. The molecule has 2 heterocycles. The molecule has 4 rings (SSSR count). The van der Waals surface area contributed by atoms with Crippen LogP contribution in [0.1, 0.15) is 52.5 Å². The number of thiophene rings is 1. The molecule has 1 aliphatic rings. The van der Waals surface area contributed by atoms with Gasteiger partial charge in [-0.15, -0.1) is 21.5 Å². The number of hydrogen-bond acceptors (Lipinski definition) is 9. The van der Waals surface area contributed by atoms with Crippen LogP contribution in [-0.2, 0) is 22.4 Å². The number of nitrogen functional groups attached to an aromatic ring is 1. The summed E-state index contributed by atoms with van der Waals surface area (Å²) in [5.74, 6) is -0.179. The Labute approximate surface area is 198 Å². The van der Waals surface area contributed by atoms with E-state index < -0.39 is 5.25 Å². The van der Waals surface area contributed by atoms with Crippen molar-refractivity contribution in [3.63, 3.8) is 0 Å². The number of nitrogens with two attached hydrogens (primary N) is 1. The monoisotopic (exact) mass is 488 g/mol. The maximum atomic E-state index is 12.9. The number of fused-ring (bicyclic) bond motifs is 1. The molecule has 0 radical (unpaired) electrons. The Morgan fingerprint density at radius 3 is 2.75 bits per heavy atom. The van der Waals surface area contributed by atoms with E-state index in [1.165, 1.54) is 40.0 Å². The fourth-order valence-corrected chi connectivity index (χ4v) is 6.89. The van der Waals surface area contributed by atoms with E-state index in [1.54, 1.807) is 13.8 Å². The van der Waals surface area contributed by atoms with Crippen LogP contribution in [0, 0.1) is 0 Å². The number of hydrogen-bond donors (Lipinski definition) is 2. The number of anilines is 2. The number of aromatic nitrogens is 2. The third-order valence-corrected chi connectivity index (χ3v) is 8.43. The topological polar surface area (TPSA) is 107 Å². The first-order valence-electron chi connectivity index (χ1n) is 10.4. The molecule has 0 bridgehead atoms. The quantitative estimate of drug-likeness (QED) is 0.365. The Morgan fingerprint density at radius 2 is 2.06 bits per heavy atom. The van der Waals surface area contributed by atoms with Gasteiger partial charge in [0, 0.05) is 4.88 Å². The molecule has 1 amide bonds. The molecule has 0 saturated heterocycles. The van der Waals surface area contributed by atoms with E-state index >= 15 is 0 Å². The maximum absolute atomic E-state index is 12.9. The summed E-state index contributed by atoms with van der Waals surface area (Å²) in [7, 11) is 0. The van der Waals surface area contributed by atoms with Crippen molar-refractivity contribution in [2.45, 2.75) is 48.6 Å². The van der Waals surface area contributed by atoms with Gasteiger partial charge in [0.05, 0.1) is 17.4 Å². The van der Waals surface area contributed by atoms with E-state index in [1.807, 2.05) is 6.07 Å². The number of nitrogens with one attached hydrogen (secondary N) is 1. The van der Waals surface area contributed by atoms with E-state index in [9.17, 15) is 9.59 Å². The lowest BCUT2D eigenvalue weighted by Crippen LogP contribution is -2.23. The standard InChI is InChI=1S/C22H24N4O3S3/c1-3-29-20(28)17-15-10-9-14(13-7-5-4-6-8-13)11-16(15)31-19(17)24-18(27)12(2)30-22-26-25-21(23)32-22/h4-8,12,14H,3,9-11H2,1-2H3,(H2,23,25)(H,24,27). The zero-order valence-corrected chi connectivity index (χ0v) is 20.2. The first-order valence-corrected chi connectivity index (χ1v) is 12.9. The fourth-order valence-electron chi connectivity index (χ4n) is 3.79.